The highest BCUT2D eigenvalue weighted by Crippen LogP contribution is 2.66. The van der Waals surface area contributed by atoms with E-state index < -0.39 is 89.2 Å². The van der Waals surface area contributed by atoms with Gasteiger partial charge in [0.05, 0.1) is 6.61 Å². The summed E-state index contributed by atoms with van der Waals surface area (Å²) in [6.45, 7) is -3.31. The summed E-state index contributed by atoms with van der Waals surface area (Å²) in [5.74, 6) is -1.78. The van der Waals surface area contributed by atoms with Crippen molar-refractivity contribution in [3.63, 3.8) is 0 Å². The number of halogens is 3. The number of alkyl halides is 2. The number of aliphatic hydroxyl groups is 1. The second kappa shape index (κ2) is 9.33. The van der Waals surface area contributed by atoms with Gasteiger partial charge in [-0.3, -0.25) is 18.9 Å². The van der Waals surface area contributed by atoms with Crippen molar-refractivity contribution in [3.05, 3.63) is 22.4 Å². The van der Waals surface area contributed by atoms with Crippen LogP contribution in [0.2, 0.25) is 0 Å². The Morgan fingerprint density at radius 3 is 2.43 bits per heavy atom. The number of nitrogens with zero attached hydrogens (tertiary/aromatic N) is 2. The highest BCUT2D eigenvalue weighted by molar-refractivity contribution is 7.66. The van der Waals surface area contributed by atoms with Gasteiger partial charge in [0.1, 0.15) is 24.3 Å². The van der Waals surface area contributed by atoms with Gasteiger partial charge in [-0.2, -0.15) is 13.6 Å². The summed E-state index contributed by atoms with van der Waals surface area (Å²) in [6, 6.07) is 0. The van der Waals surface area contributed by atoms with Gasteiger partial charge in [0.25, 0.3) is 5.56 Å². The fourth-order valence-corrected chi connectivity index (χ4v) is 6.19. The smallest absolute Gasteiger partial charge is 0.387 e. The predicted molar refractivity (Wildman–Crippen MR) is 104 cm³/mol. The fraction of sp³-hybridized carbons (Fsp3) is 0.500. The van der Waals surface area contributed by atoms with Crippen LogP contribution in [0.15, 0.2) is 11.0 Å². The molecule has 1 aliphatic rings. The molecule has 23 heteroatoms. The van der Waals surface area contributed by atoms with E-state index in [-0.39, 0.29) is 0 Å². The van der Waals surface area contributed by atoms with Crippen molar-refractivity contribution in [1.82, 2.24) is 14.5 Å². The molecule has 198 valence electrons. The number of phosphoric acid groups is 3. The summed E-state index contributed by atoms with van der Waals surface area (Å²) in [5, 5.41) is 9.51. The van der Waals surface area contributed by atoms with Crippen molar-refractivity contribution in [2.24, 2.45) is 0 Å². The Balaban J connectivity index is 1.86. The van der Waals surface area contributed by atoms with Crippen molar-refractivity contribution >= 4 is 40.4 Å². The Labute approximate surface area is 190 Å². The highest BCUT2D eigenvalue weighted by Gasteiger charge is 2.59. The lowest BCUT2D eigenvalue weighted by Gasteiger charge is -2.26. The lowest BCUT2D eigenvalue weighted by Crippen LogP contribution is -2.45. The molecule has 0 radical (unpaired) electrons. The van der Waals surface area contributed by atoms with E-state index in [4.69, 9.17) is 25.2 Å². The SMILES string of the molecule is Nc1nc2c(c(F)cn2[C@@H]2O[C@H](COP(=O)(O)OP(=O)(O)OP(=O)(O)O)C(O)[C@]2(F)CF)c(=O)[nH]1. The number of aliphatic hydroxyl groups excluding tert-OH is 1. The topological polar surface area (TPSA) is 266 Å². The second-order valence-corrected chi connectivity index (χ2v) is 11.4. The van der Waals surface area contributed by atoms with Gasteiger partial charge < -0.3 is 35.2 Å². The van der Waals surface area contributed by atoms with Gasteiger partial charge in [-0.1, -0.05) is 0 Å². The first-order valence-corrected chi connectivity index (χ1v) is 13.3. The Kier molecular flexibility index (Phi) is 7.44. The molecule has 1 fully saturated rings. The minimum absolute atomic E-state index is 0.498. The van der Waals surface area contributed by atoms with E-state index in [9.17, 15) is 37.3 Å². The minimum Gasteiger partial charge on any atom is -0.387 e. The summed E-state index contributed by atoms with van der Waals surface area (Å²) in [4.78, 5) is 53.2. The molecule has 0 aliphatic carbocycles. The van der Waals surface area contributed by atoms with Gasteiger partial charge in [0.2, 0.25) is 11.6 Å². The number of aromatic amines is 1. The average Bonchev–Trinajstić information content (AvgIpc) is 3.12. The third-order valence-electron chi connectivity index (χ3n) is 4.49. The van der Waals surface area contributed by atoms with Crippen LogP contribution in [0, 0.1) is 5.82 Å². The van der Waals surface area contributed by atoms with Crippen molar-refractivity contribution in [2.45, 2.75) is 24.1 Å². The van der Waals surface area contributed by atoms with Crippen LogP contribution in [0.4, 0.5) is 19.1 Å². The molecule has 0 saturated carbocycles. The molecule has 2 aromatic heterocycles. The molecule has 1 saturated heterocycles. The Morgan fingerprint density at radius 2 is 1.86 bits per heavy atom. The van der Waals surface area contributed by atoms with Gasteiger partial charge in [-0.05, 0) is 0 Å². The van der Waals surface area contributed by atoms with Crippen LogP contribution in [0.3, 0.4) is 0 Å². The van der Waals surface area contributed by atoms with Crippen LogP contribution >= 0.6 is 23.5 Å². The lowest BCUT2D eigenvalue weighted by molar-refractivity contribution is -0.0685. The van der Waals surface area contributed by atoms with E-state index in [0.29, 0.717) is 10.8 Å². The number of nitrogens with one attached hydrogen (secondary N) is 1. The molecule has 3 rings (SSSR count). The number of hydrogen-bond donors (Lipinski definition) is 7. The molecule has 3 unspecified atom stereocenters. The first-order valence-electron chi connectivity index (χ1n) is 8.82. The molecule has 8 N–H and O–H groups in total. The maximum atomic E-state index is 15.4. The quantitative estimate of drug-likeness (QED) is 0.190. The van der Waals surface area contributed by atoms with Gasteiger partial charge in [-0.15, -0.1) is 0 Å². The maximum absolute atomic E-state index is 15.4. The van der Waals surface area contributed by atoms with E-state index in [1.54, 1.807) is 0 Å². The number of anilines is 1. The van der Waals surface area contributed by atoms with Crippen LogP contribution in [0.5, 0.6) is 0 Å². The zero-order chi connectivity index (χ0) is 26.6. The van der Waals surface area contributed by atoms with E-state index in [1.165, 1.54) is 0 Å². The van der Waals surface area contributed by atoms with Crippen LogP contribution in [0.25, 0.3) is 11.0 Å². The van der Waals surface area contributed by atoms with E-state index in [0.717, 1.165) is 0 Å². The van der Waals surface area contributed by atoms with E-state index in [1.807, 2.05) is 4.98 Å². The van der Waals surface area contributed by atoms with Crippen molar-refractivity contribution in [1.29, 1.82) is 0 Å². The van der Waals surface area contributed by atoms with E-state index >= 15 is 4.39 Å². The number of hydrogen-bond acceptors (Lipinski definition) is 11. The van der Waals surface area contributed by atoms with Gasteiger partial charge in [-0.25, -0.2) is 26.9 Å². The standard InChI is InChI=1S/C12H16F3N4O13P3/c13-3-12(15)7(20)5(2-29-34(25,26)32-35(27,28)31-33(22,23)24)30-10(12)19-1-4(14)6-8(19)17-11(16)18-9(6)21/h1,5,7,10,20H,2-3H2,(H,25,26)(H,27,28)(H2,22,23,24)(H3,16,17,18,21)/t5-,7?,10-,12-/m1/s1. The second-order valence-electron chi connectivity index (χ2n) is 6.95. The summed E-state index contributed by atoms with van der Waals surface area (Å²) in [5.41, 5.74) is 0.332. The van der Waals surface area contributed by atoms with Crippen LogP contribution in [-0.4, -0.2) is 70.4 Å². The fourth-order valence-electron chi connectivity index (χ4n) is 3.16. The highest BCUT2D eigenvalue weighted by atomic mass is 31.3. The molecule has 0 spiro atoms. The molecule has 0 amide bonds. The average molecular weight is 574 g/mol. The van der Waals surface area contributed by atoms with Gasteiger partial charge >= 0.3 is 23.5 Å². The molecule has 3 heterocycles. The van der Waals surface area contributed by atoms with Crippen LogP contribution in [-0.2, 0) is 31.6 Å². The van der Waals surface area contributed by atoms with Gasteiger partial charge in [0.15, 0.2) is 17.7 Å². The Bertz CT molecular complexity index is 1330. The number of H-pyrrole nitrogens is 1. The zero-order valence-corrected chi connectivity index (χ0v) is 19.4. The molecule has 17 nitrogen and oxygen atoms in total. The summed E-state index contributed by atoms with van der Waals surface area (Å²) >= 11 is 0. The molecular weight excluding hydrogens is 558 g/mol. The first-order chi connectivity index (χ1) is 15.9. The third-order valence-corrected chi connectivity index (χ3v) is 8.29. The molecule has 0 aromatic carbocycles. The lowest BCUT2D eigenvalue weighted by atomic mass is 9.97. The summed E-state index contributed by atoms with van der Waals surface area (Å²) < 4.78 is 94.1. The van der Waals surface area contributed by atoms with E-state index in [2.05, 4.69) is 18.1 Å². The van der Waals surface area contributed by atoms with Crippen molar-refractivity contribution < 1.29 is 69.4 Å². The number of ether oxygens (including phenoxy) is 1. The number of nitrogen functional groups attached to an aromatic ring is 1. The number of phosphoric ester groups is 1. The molecule has 1 aliphatic heterocycles. The first kappa shape index (κ1) is 27.9. The normalized spacial score (nSPS) is 28.7. The summed E-state index contributed by atoms with van der Waals surface area (Å²) in [7, 11) is -17.2. The Morgan fingerprint density at radius 1 is 1.23 bits per heavy atom. The number of rotatable bonds is 9. The van der Waals surface area contributed by atoms with Crippen LogP contribution < -0.4 is 11.3 Å². The molecular formula is C12H16F3N4O13P3. The Hall–Kier alpha value is -1.66. The molecule has 2 aromatic rings. The monoisotopic (exact) mass is 574 g/mol. The zero-order valence-electron chi connectivity index (χ0n) is 16.7. The number of aromatic nitrogens is 3. The molecule has 35 heavy (non-hydrogen) atoms. The number of nitrogens with two attached hydrogens (primary N) is 1. The maximum Gasteiger partial charge on any atom is 0.490 e. The predicted octanol–water partition coefficient (Wildman–Crippen LogP) is -0.275. The summed E-state index contributed by atoms with van der Waals surface area (Å²) in [6.07, 6.45) is -6.24. The third kappa shape index (κ3) is 5.85. The van der Waals surface area contributed by atoms with Crippen molar-refractivity contribution in [2.75, 3.05) is 19.0 Å². The molecule has 0 bridgehead atoms. The van der Waals surface area contributed by atoms with Crippen LogP contribution in [0.1, 0.15) is 6.23 Å². The minimum atomic E-state index is -5.87. The number of fused-ring (bicyclic) bond motifs is 1. The largest absolute Gasteiger partial charge is 0.490 e. The van der Waals surface area contributed by atoms with Crippen molar-refractivity contribution in [3.8, 4) is 0 Å². The molecule has 6 atom stereocenters. The van der Waals surface area contributed by atoms with Gasteiger partial charge in [0, 0.05) is 6.20 Å².